The number of pyridine rings is 1. The second-order valence-electron chi connectivity index (χ2n) is 4.08. The second kappa shape index (κ2) is 3.99. The van der Waals surface area contributed by atoms with E-state index in [9.17, 15) is 0 Å². The molecule has 0 aliphatic rings. The molecular weight excluding hydrogens is 248 g/mol. The minimum Gasteiger partial charge on any atom is -0.398 e. The highest BCUT2D eigenvalue weighted by atomic mass is 35.5. The van der Waals surface area contributed by atoms with Crippen LogP contribution in [0.3, 0.4) is 0 Å². The van der Waals surface area contributed by atoms with Crippen molar-refractivity contribution in [1.29, 1.82) is 0 Å². The Labute approximate surface area is 109 Å². The smallest absolute Gasteiger partial charge is 0.103 e. The first-order valence-corrected chi connectivity index (χ1v) is 5.87. The first kappa shape index (κ1) is 11.0. The summed E-state index contributed by atoms with van der Waals surface area (Å²) in [6, 6.07) is 7.53. The van der Waals surface area contributed by atoms with Gasteiger partial charge in [0.1, 0.15) is 5.69 Å². The summed E-state index contributed by atoms with van der Waals surface area (Å²) in [6.07, 6.45) is 3.49. The summed E-state index contributed by atoms with van der Waals surface area (Å²) < 4.78 is 1.79. The van der Waals surface area contributed by atoms with Crippen LogP contribution in [0, 0.1) is 0 Å². The second-order valence-corrected chi connectivity index (χ2v) is 4.45. The molecule has 3 aromatic rings. The lowest BCUT2D eigenvalue weighted by Gasteiger charge is -2.01. The van der Waals surface area contributed by atoms with Crippen molar-refractivity contribution < 1.29 is 0 Å². The number of aryl methyl sites for hydroxylation is 1. The van der Waals surface area contributed by atoms with E-state index in [0.717, 1.165) is 22.2 Å². The van der Waals surface area contributed by atoms with Crippen LogP contribution >= 0.6 is 11.6 Å². The van der Waals surface area contributed by atoms with E-state index in [0.29, 0.717) is 10.7 Å². The van der Waals surface area contributed by atoms with Crippen LogP contribution in [0.2, 0.25) is 5.02 Å². The van der Waals surface area contributed by atoms with Gasteiger partial charge in [0.25, 0.3) is 0 Å². The molecule has 18 heavy (non-hydrogen) atoms. The molecular formula is C13H11ClN4. The molecule has 1 aromatic carbocycles. The molecule has 2 heterocycles. The molecule has 4 nitrogen and oxygen atoms in total. The van der Waals surface area contributed by atoms with Crippen molar-refractivity contribution in [2.24, 2.45) is 7.05 Å². The quantitative estimate of drug-likeness (QED) is 0.683. The molecule has 0 amide bonds. The number of fused-ring (bicyclic) bond motifs is 1. The zero-order valence-corrected chi connectivity index (χ0v) is 10.5. The largest absolute Gasteiger partial charge is 0.398 e. The Morgan fingerprint density at radius 3 is 2.83 bits per heavy atom. The minimum absolute atomic E-state index is 0.541. The molecule has 90 valence electrons. The molecule has 0 spiro atoms. The molecule has 0 saturated carbocycles. The summed E-state index contributed by atoms with van der Waals surface area (Å²) in [5.74, 6) is 0. The molecule has 5 heteroatoms. The highest BCUT2D eigenvalue weighted by molar-refractivity contribution is 6.39. The van der Waals surface area contributed by atoms with Crippen molar-refractivity contribution in [3.63, 3.8) is 0 Å². The van der Waals surface area contributed by atoms with Crippen molar-refractivity contribution in [2.45, 2.75) is 0 Å². The maximum absolute atomic E-state index is 6.30. The van der Waals surface area contributed by atoms with Crippen LogP contribution in [0.15, 0.2) is 36.7 Å². The number of halogens is 1. The zero-order chi connectivity index (χ0) is 12.7. The molecule has 0 saturated heterocycles. The predicted octanol–water partition coefficient (Wildman–Crippen LogP) is 2.87. The summed E-state index contributed by atoms with van der Waals surface area (Å²) in [6.45, 7) is 0. The Hall–Kier alpha value is -2.07. The third-order valence-corrected chi connectivity index (χ3v) is 3.33. The van der Waals surface area contributed by atoms with E-state index < -0.39 is 0 Å². The summed E-state index contributed by atoms with van der Waals surface area (Å²) in [7, 11) is 1.88. The van der Waals surface area contributed by atoms with Gasteiger partial charge in [0, 0.05) is 30.4 Å². The lowest BCUT2D eigenvalue weighted by molar-refractivity contribution is 0.800. The number of aromatic nitrogens is 3. The van der Waals surface area contributed by atoms with Crippen LogP contribution in [-0.2, 0) is 7.05 Å². The van der Waals surface area contributed by atoms with Crippen molar-refractivity contribution >= 4 is 28.2 Å². The van der Waals surface area contributed by atoms with Crippen LogP contribution in [0.5, 0.6) is 0 Å². The topological polar surface area (TPSA) is 56.7 Å². The number of anilines is 1. The summed E-state index contributed by atoms with van der Waals surface area (Å²) >= 11 is 6.30. The molecule has 3 rings (SSSR count). The minimum atomic E-state index is 0.541. The van der Waals surface area contributed by atoms with E-state index in [1.54, 1.807) is 23.1 Å². The highest BCUT2D eigenvalue weighted by Crippen LogP contribution is 2.35. The van der Waals surface area contributed by atoms with Gasteiger partial charge in [-0.2, -0.15) is 5.10 Å². The van der Waals surface area contributed by atoms with Gasteiger partial charge in [-0.25, -0.2) is 0 Å². The van der Waals surface area contributed by atoms with E-state index in [1.165, 1.54) is 0 Å². The van der Waals surface area contributed by atoms with Gasteiger partial charge in [-0.3, -0.25) is 9.67 Å². The molecule has 0 aliphatic heterocycles. The lowest BCUT2D eigenvalue weighted by Crippen LogP contribution is -1.90. The highest BCUT2D eigenvalue weighted by Gasteiger charge is 2.15. The van der Waals surface area contributed by atoms with Gasteiger partial charge in [-0.05, 0) is 24.3 Å². The molecule has 0 bridgehead atoms. The van der Waals surface area contributed by atoms with Crippen LogP contribution in [-0.4, -0.2) is 14.8 Å². The number of nitrogen functional groups attached to an aromatic ring is 1. The number of nitrogens with zero attached hydrogens (tertiary/aromatic N) is 3. The molecule has 2 aromatic heterocycles. The number of hydrogen-bond acceptors (Lipinski definition) is 3. The first-order valence-electron chi connectivity index (χ1n) is 5.49. The fourth-order valence-electron chi connectivity index (χ4n) is 2.04. The number of hydrogen-bond donors (Lipinski definition) is 1. The first-order chi connectivity index (χ1) is 8.68. The third-order valence-electron chi connectivity index (χ3n) is 2.92. The van der Waals surface area contributed by atoms with Gasteiger partial charge in [0.15, 0.2) is 0 Å². The van der Waals surface area contributed by atoms with Crippen molar-refractivity contribution in [3.8, 4) is 11.3 Å². The van der Waals surface area contributed by atoms with Crippen molar-refractivity contribution in [1.82, 2.24) is 14.8 Å². The van der Waals surface area contributed by atoms with Crippen molar-refractivity contribution in [3.05, 3.63) is 41.7 Å². The Morgan fingerprint density at radius 2 is 2.11 bits per heavy atom. The van der Waals surface area contributed by atoms with Gasteiger partial charge < -0.3 is 5.73 Å². The summed E-state index contributed by atoms with van der Waals surface area (Å²) in [5, 5.41) is 5.91. The van der Waals surface area contributed by atoms with Crippen LogP contribution < -0.4 is 5.73 Å². The number of rotatable bonds is 1. The van der Waals surface area contributed by atoms with E-state index in [-0.39, 0.29) is 0 Å². The molecule has 0 unspecified atom stereocenters. The molecule has 0 radical (unpaired) electrons. The van der Waals surface area contributed by atoms with Crippen molar-refractivity contribution in [2.75, 3.05) is 5.73 Å². The molecule has 0 atom stereocenters. The van der Waals surface area contributed by atoms with Gasteiger partial charge in [0.05, 0.1) is 16.2 Å². The fourth-order valence-corrected chi connectivity index (χ4v) is 2.29. The van der Waals surface area contributed by atoms with E-state index >= 15 is 0 Å². The van der Waals surface area contributed by atoms with E-state index in [1.807, 2.05) is 25.2 Å². The molecule has 0 aliphatic carbocycles. The number of benzene rings is 1. The average molecular weight is 259 g/mol. The Morgan fingerprint density at radius 1 is 1.28 bits per heavy atom. The number of nitrogens with two attached hydrogens (primary N) is 1. The Kier molecular flexibility index (Phi) is 2.45. The van der Waals surface area contributed by atoms with Crippen LogP contribution in [0.1, 0.15) is 0 Å². The molecule has 0 fully saturated rings. The van der Waals surface area contributed by atoms with Gasteiger partial charge in [-0.15, -0.1) is 0 Å². The maximum Gasteiger partial charge on any atom is 0.103 e. The lowest BCUT2D eigenvalue weighted by atomic mass is 10.1. The zero-order valence-electron chi connectivity index (χ0n) is 9.76. The van der Waals surface area contributed by atoms with Crippen LogP contribution in [0.4, 0.5) is 5.69 Å². The van der Waals surface area contributed by atoms with E-state index in [2.05, 4.69) is 10.1 Å². The fraction of sp³-hybridized carbons (Fsp3) is 0.0769. The predicted molar refractivity (Wildman–Crippen MR) is 73.4 cm³/mol. The van der Waals surface area contributed by atoms with Gasteiger partial charge >= 0.3 is 0 Å². The monoisotopic (exact) mass is 258 g/mol. The molecule has 2 N–H and O–H groups in total. The van der Waals surface area contributed by atoms with E-state index in [4.69, 9.17) is 17.3 Å². The van der Waals surface area contributed by atoms with Crippen LogP contribution in [0.25, 0.3) is 22.2 Å². The Balaban J connectivity index is 2.41. The normalized spacial score (nSPS) is 11.0. The maximum atomic E-state index is 6.30. The summed E-state index contributed by atoms with van der Waals surface area (Å²) in [5.41, 5.74) is 9.10. The van der Waals surface area contributed by atoms with Gasteiger partial charge in [-0.1, -0.05) is 11.6 Å². The summed E-state index contributed by atoms with van der Waals surface area (Å²) in [4.78, 5) is 4.11. The average Bonchev–Trinajstić information content (AvgIpc) is 2.73. The SMILES string of the molecule is Cn1nc(-c2cccnc2)c2c(Cl)c(N)ccc21. The third kappa shape index (κ3) is 1.54. The van der Waals surface area contributed by atoms with Gasteiger partial charge in [0.2, 0.25) is 0 Å². The standard InChI is InChI=1S/C13H11ClN4/c1-18-10-5-4-9(15)12(14)11(10)13(17-18)8-3-2-6-16-7-8/h2-7H,15H2,1H3. The Bertz CT molecular complexity index is 719.